The molecule has 1 rings (SSSR count). The van der Waals surface area contributed by atoms with Gasteiger partial charge in [0.1, 0.15) is 5.75 Å². The van der Waals surface area contributed by atoms with Crippen LogP contribution in [0.5, 0.6) is 5.75 Å². The van der Waals surface area contributed by atoms with Gasteiger partial charge in [0, 0.05) is 18.2 Å². The van der Waals surface area contributed by atoms with Crippen LogP contribution in [-0.4, -0.2) is 30.8 Å². The lowest BCUT2D eigenvalue weighted by Gasteiger charge is -2.09. The predicted octanol–water partition coefficient (Wildman–Crippen LogP) is 1.99. The fraction of sp³-hybridized carbons (Fsp3) is 0.400. The van der Waals surface area contributed by atoms with E-state index in [0.29, 0.717) is 13.0 Å². The van der Waals surface area contributed by atoms with Crippen molar-refractivity contribution in [2.75, 3.05) is 13.7 Å². The van der Waals surface area contributed by atoms with E-state index >= 15 is 0 Å². The van der Waals surface area contributed by atoms with Crippen molar-refractivity contribution >= 4 is 11.5 Å². The molecule has 0 spiro atoms. The van der Waals surface area contributed by atoms with Crippen molar-refractivity contribution in [1.29, 1.82) is 0 Å². The standard InChI is InChI=1S/C15H21NO3/c1-11(10-15(18)16-9-8-12(2)17)13-6-4-5-7-14(13)19-3/h4-7,10,12,17H,8-9H2,1-3H3,(H,16,18). The van der Waals surface area contributed by atoms with E-state index in [1.54, 1.807) is 20.1 Å². The SMILES string of the molecule is COc1ccccc1C(C)=CC(=O)NCCC(C)O. The summed E-state index contributed by atoms with van der Waals surface area (Å²) in [5, 5.41) is 11.8. The van der Waals surface area contributed by atoms with Crippen molar-refractivity contribution in [3.63, 3.8) is 0 Å². The maximum Gasteiger partial charge on any atom is 0.244 e. The number of aliphatic hydroxyl groups excluding tert-OH is 1. The second-order valence-corrected chi connectivity index (χ2v) is 4.46. The van der Waals surface area contributed by atoms with E-state index in [1.807, 2.05) is 31.2 Å². The molecule has 1 unspecified atom stereocenters. The number of hydrogen-bond donors (Lipinski definition) is 2. The van der Waals surface area contributed by atoms with E-state index in [0.717, 1.165) is 16.9 Å². The van der Waals surface area contributed by atoms with Crippen LogP contribution >= 0.6 is 0 Å². The van der Waals surface area contributed by atoms with Crippen molar-refractivity contribution in [2.24, 2.45) is 0 Å². The number of hydrogen-bond acceptors (Lipinski definition) is 3. The molecule has 4 nitrogen and oxygen atoms in total. The minimum absolute atomic E-state index is 0.163. The zero-order valence-corrected chi connectivity index (χ0v) is 11.6. The third kappa shape index (κ3) is 5.14. The molecule has 0 aromatic heterocycles. The number of amides is 1. The Bertz CT molecular complexity index is 452. The van der Waals surface area contributed by atoms with Crippen LogP contribution in [0.1, 0.15) is 25.8 Å². The first-order chi connectivity index (χ1) is 9.04. The van der Waals surface area contributed by atoms with E-state index < -0.39 is 6.10 Å². The Hall–Kier alpha value is -1.81. The van der Waals surface area contributed by atoms with Crippen molar-refractivity contribution < 1.29 is 14.6 Å². The molecule has 0 aliphatic heterocycles. The van der Waals surface area contributed by atoms with Crippen LogP contribution in [0.25, 0.3) is 5.57 Å². The minimum atomic E-state index is -0.403. The Morgan fingerprint density at radius 3 is 2.79 bits per heavy atom. The zero-order chi connectivity index (χ0) is 14.3. The highest BCUT2D eigenvalue weighted by Gasteiger charge is 2.05. The molecule has 0 heterocycles. The average molecular weight is 263 g/mol. The molecule has 1 aromatic carbocycles. The Morgan fingerprint density at radius 1 is 1.47 bits per heavy atom. The molecule has 0 radical (unpaired) electrons. The van der Waals surface area contributed by atoms with Gasteiger partial charge in [0.05, 0.1) is 13.2 Å². The highest BCUT2D eigenvalue weighted by Crippen LogP contribution is 2.24. The van der Waals surface area contributed by atoms with Gasteiger partial charge in [-0.25, -0.2) is 0 Å². The Balaban J connectivity index is 2.67. The summed E-state index contributed by atoms with van der Waals surface area (Å²) < 4.78 is 5.26. The number of carbonyl (C=O) groups excluding carboxylic acids is 1. The van der Waals surface area contributed by atoms with Crippen molar-refractivity contribution in [3.05, 3.63) is 35.9 Å². The van der Waals surface area contributed by atoms with Gasteiger partial charge >= 0.3 is 0 Å². The van der Waals surface area contributed by atoms with Crippen LogP contribution in [0.15, 0.2) is 30.3 Å². The second kappa shape index (κ2) is 7.59. The molecular weight excluding hydrogens is 242 g/mol. The number of aliphatic hydroxyl groups is 1. The number of allylic oxidation sites excluding steroid dienone is 1. The number of carbonyl (C=O) groups is 1. The Morgan fingerprint density at radius 2 is 2.16 bits per heavy atom. The molecule has 1 amide bonds. The summed E-state index contributed by atoms with van der Waals surface area (Å²) in [6, 6.07) is 7.56. The van der Waals surface area contributed by atoms with Crippen molar-refractivity contribution in [3.8, 4) is 5.75 Å². The maximum absolute atomic E-state index is 11.7. The number of rotatable bonds is 6. The third-order valence-corrected chi connectivity index (χ3v) is 2.74. The fourth-order valence-corrected chi connectivity index (χ4v) is 1.70. The summed E-state index contributed by atoms with van der Waals surface area (Å²) in [6.07, 6.45) is 1.69. The molecule has 0 bridgehead atoms. The van der Waals surface area contributed by atoms with Gasteiger partial charge in [-0.1, -0.05) is 18.2 Å². The van der Waals surface area contributed by atoms with Gasteiger partial charge in [-0.2, -0.15) is 0 Å². The summed E-state index contributed by atoms with van der Waals surface area (Å²) in [7, 11) is 1.61. The number of para-hydroxylation sites is 1. The van der Waals surface area contributed by atoms with Crippen molar-refractivity contribution in [2.45, 2.75) is 26.4 Å². The molecule has 0 saturated carbocycles. The Kier molecular flexibility index (Phi) is 6.09. The smallest absolute Gasteiger partial charge is 0.244 e. The summed E-state index contributed by atoms with van der Waals surface area (Å²) >= 11 is 0. The first kappa shape index (κ1) is 15.2. The lowest BCUT2D eigenvalue weighted by atomic mass is 10.1. The van der Waals surface area contributed by atoms with E-state index in [4.69, 9.17) is 9.84 Å². The number of ether oxygens (including phenoxy) is 1. The second-order valence-electron chi connectivity index (χ2n) is 4.46. The molecule has 104 valence electrons. The molecule has 19 heavy (non-hydrogen) atoms. The topological polar surface area (TPSA) is 58.6 Å². The van der Waals surface area contributed by atoms with Crippen molar-refractivity contribution in [1.82, 2.24) is 5.32 Å². The molecule has 4 heteroatoms. The summed E-state index contributed by atoms with van der Waals surface area (Å²) in [5.74, 6) is 0.581. The molecule has 0 aliphatic carbocycles. The predicted molar refractivity (Wildman–Crippen MR) is 76.0 cm³/mol. The third-order valence-electron chi connectivity index (χ3n) is 2.74. The largest absolute Gasteiger partial charge is 0.496 e. The quantitative estimate of drug-likeness (QED) is 0.772. The van der Waals surface area contributed by atoms with Gasteiger partial charge in [0.25, 0.3) is 0 Å². The number of nitrogens with one attached hydrogen (secondary N) is 1. The minimum Gasteiger partial charge on any atom is -0.496 e. The van der Waals surface area contributed by atoms with E-state index in [-0.39, 0.29) is 5.91 Å². The number of methoxy groups -OCH3 is 1. The van der Waals surface area contributed by atoms with E-state index in [1.165, 1.54) is 0 Å². The first-order valence-electron chi connectivity index (χ1n) is 6.32. The van der Waals surface area contributed by atoms with Gasteiger partial charge in [-0.05, 0) is 31.9 Å². The summed E-state index contributed by atoms with van der Waals surface area (Å²) in [6.45, 7) is 4.03. The lowest BCUT2D eigenvalue weighted by Crippen LogP contribution is -2.24. The summed E-state index contributed by atoms with van der Waals surface area (Å²) in [4.78, 5) is 11.7. The molecular formula is C15H21NO3. The van der Waals surface area contributed by atoms with Gasteiger partial charge in [-0.15, -0.1) is 0 Å². The molecule has 0 saturated heterocycles. The Labute approximate surface area is 114 Å². The highest BCUT2D eigenvalue weighted by atomic mass is 16.5. The monoisotopic (exact) mass is 263 g/mol. The normalized spacial score (nSPS) is 12.9. The van der Waals surface area contributed by atoms with Crippen LogP contribution in [-0.2, 0) is 4.79 Å². The van der Waals surface area contributed by atoms with Gasteiger partial charge in [0.2, 0.25) is 5.91 Å². The van der Waals surface area contributed by atoms with Gasteiger partial charge < -0.3 is 15.2 Å². The lowest BCUT2D eigenvalue weighted by molar-refractivity contribution is -0.116. The fourth-order valence-electron chi connectivity index (χ4n) is 1.70. The van der Waals surface area contributed by atoms with Gasteiger partial charge in [0.15, 0.2) is 0 Å². The van der Waals surface area contributed by atoms with Crippen LogP contribution < -0.4 is 10.1 Å². The highest BCUT2D eigenvalue weighted by molar-refractivity contribution is 5.95. The number of benzene rings is 1. The van der Waals surface area contributed by atoms with E-state index in [9.17, 15) is 4.79 Å². The average Bonchev–Trinajstić information content (AvgIpc) is 2.38. The van der Waals surface area contributed by atoms with E-state index in [2.05, 4.69) is 5.32 Å². The van der Waals surface area contributed by atoms with Crippen LogP contribution in [0.3, 0.4) is 0 Å². The zero-order valence-electron chi connectivity index (χ0n) is 11.6. The molecule has 0 fully saturated rings. The molecule has 1 atom stereocenters. The molecule has 2 N–H and O–H groups in total. The maximum atomic E-state index is 11.7. The molecule has 1 aromatic rings. The molecule has 0 aliphatic rings. The first-order valence-corrected chi connectivity index (χ1v) is 6.32. The van der Waals surface area contributed by atoms with Crippen LogP contribution in [0.2, 0.25) is 0 Å². The summed E-state index contributed by atoms with van der Waals surface area (Å²) in [5.41, 5.74) is 1.74. The van der Waals surface area contributed by atoms with Crippen LogP contribution in [0, 0.1) is 0 Å². The van der Waals surface area contributed by atoms with Gasteiger partial charge in [-0.3, -0.25) is 4.79 Å². The van der Waals surface area contributed by atoms with Crippen LogP contribution in [0.4, 0.5) is 0 Å².